The van der Waals surface area contributed by atoms with Crippen molar-refractivity contribution in [1.82, 2.24) is 15.3 Å². The SMILES string of the molecule is O=c1nc(Nc2ccc(Br)cc2F)c2c(O)c(OC(O)(O)O)c(OCC3CCNCC3)c(O)c2[nH]1. The number of hydrogen-bond acceptors (Lipinski definition) is 11. The van der Waals surface area contributed by atoms with Gasteiger partial charge in [-0.05, 0) is 50.0 Å². The number of anilines is 2. The van der Waals surface area contributed by atoms with E-state index in [9.17, 15) is 34.7 Å². The van der Waals surface area contributed by atoms with Crippen LogP contribution in [-0.2, 0) is 0 Å². The first kappa shape index (κ1) is 24.9. The predicted octanol–water partition coefficient (Wildman–Crippen LogP) is 1.32. The molecule has 0 saturated carbocycles. The summed E-state index contributed by atoms with van der Waals surface area (Å²) in [6.07, 6.45) is -2.24. The van der Waals surface area contributed by atoms with Crippen LogP contribution in [0.3, 0.4) is 0 Å². The molecule has 0 atom stereocenters. The highest BCUT2D eigenvalue weighted by atomic mass is 79.9. The number of nitrogens with one attached hydrogen (secondary N) is 3. The fourth-order valence-electron chi connectivity index (χ4n) is 3.75. The largest absolute Gasteiger partial charge is 0.504 e. The van der Waals surface area contributed by atoms with Gasteiger partial charge >= 0.3 is 11.8 Å². The fourth-order valence-corrected chi connectivity index (χ4v) is 4.08. The summed E-state index contributed by atoms with van der Waals surface area (Å²) in [5, 5.41) is 55.4. The van der Waals surface area contributed by atoms with E-state index in [4.69, 9.17) is 4.74 Å². The second-order valence-electron chi connectivity index (χ2n) is 7.93. The van der Waals surface area contributed by atoms with Crippen molar-refractivity contribution in [2.45, 2.75) is 19.0 Å². The second kappa shape index (κ2) is 9.83. The number of aromatic hydroxyl groups is 2. The Balaban J connectivity index is 1.86. The summed E-state index contributed by atoms with van der Waals surface area (Å²) >= 11 is 3.13. The van der Waals surface area contributed by atoms with Crippen LogP contribution in [0, 0.1) is 11.7 Å². The maximum Gasteiger partial charge on any atom is 0.453 e. The predicted molar refractivity (Wildman–Crippen MR) is 124 cm³/mol. The number of benzene rings is 2. The summed E-state index contributed by atoms with van der Waals surface area (Å²) < 4.78 is 25.1. The lowest BCUT2D eigenvalue weighted by molar-refractivity contribution is -0.420. The number of aliphatic hydroxyl groups is 3. The summed E-state index contributed by atoms with van der Waals surface area (Å²) in [4.78, 5) is 18.2. The number of nitrogens with zero attached hydrogens (tertiary/aromatic N) is 1. The van der Waals surface area contributed by atoms with Crippen molar-refractivity contribution < 1.29 is 39.4 Å². The molecular weight excluding hydrogens is 535 g/mol. The number of hydrogen-bond donors (Lipinski definition) is 8. The van der Waals surface area contributed by atoms with Crippen molar-refractivity contribution in [2.75, 3.05) is 25.0 Å². The Morgan fingerprint density at radius 2 is 1.89 bits per heavy atom. The van der Waals surface area contributed by atoms with Crippen LogP contribution in [0.25, 0.3) is 10.9 Å². The molecule has 1 aliphatic rings. The summed E-state index contributed by atoms with van der Waals surface area (Å²) in [6, 6.07) is 3.99. The van der Waals surface area contributed by atoms with E-state index in [-0.39, 0.29) is 29.1 Å². The Morgan fingerprint density at radius 1 is 1.17 bits per heavy atom. The molecule has 0 aliphatic carbocycles. The summed E-state index contributed by atoms with van der Waals surface area (Å²) in [5.41, 5.74) is -1.43. The van der Waals surface area contributed by atoms with Gasteiger partial charge in [0.25, 0.3) is 0 Å². The highest BCUT2D eigenvalue weighted by molar-refractivity contribution is 9.10. The van der Waals surface area contributed by atoms with Gasteiger partial charge in [-0.25, -0.2) is 9.18 Å². The van der Waals surface area contributed by atoms with Crippen LogP contribution in [0.2, 0.25) is 0 Å². The molecule has 0 radical (unpaired) electrons. The average Bonchev–Trinajstić information content (AvgIpc) is 2.78. The molecule has 3 aromatic rings. The number of rotatable bonds is 7. The van der Waals surface area contributed by atoms with Gasteiger partial charge in [0.15, 0.2) is 11.5 Å². The molecule has 0 bridgehead atoms. The van der Waals surface area contributed by atoms with Crippen molar-refractivity contribution in [3.63, 3.8) is 0 Å². The van der Waals surface area contributed by atoms with E-state index in [0.29, 0.717) is 4.47 Å². The Kier molecular flexibility index (Phi) is 7.00. The summed E-state index contributed by atoms with van der Waals surface area (Å²) in [7, 11) is 0. The van der Waals surface area contributed by atoms with E-state index in [1.54, 1.807) is 0 Å². The normalized spacial score (nSPS) is 14.8. The molecule has 0 amide bonds. The molecule has 12 nitrogen and oxygen atoms in total. The monoisotopic (exact) mass is 556 g/mol. The van der Waals surface area contributed by atoms with Crippen LogP contribution >= 0.6 is 15.9 Å². The minimum absolute atomic E-state index is 0.0519. The average molecular weight is 557 g/mol. The Hall–Kier alpha value is -3.17. The molecule has 14 heteroatoms. The number of fused-ring (bicyclic) bond motifs is 1. The number of phenolic OH excluding ortho intramolecular Hbond substituents is 2. The second-order valence-corrected chi connectivity index (χ2v) is 8.84. The van der Waals surface area contributed by atoms with Gasteiger partial charge in [-0.15, -0.1) is 0 Å². The third-order valence-electron chi connectivity index (χ3n) is 5.39. The first-order chi connectivity index (χ1) is 16.5. The lowest BCUT2D eigenvalue weighted by Crippen LogP contribution is -2.35. The summed E-state index contributed by atoms with van der Waals surface area (Å²) in [6.45, 7) is 1.55. The maximum absolute atomic E-state index is 14.4. The van der Waals surface area contributed by atoms with Gasteiger partial charge in [0.2, 0.25) is 11.5 Å². The minimum atomic E-state index is -3.76. The number of H-pyrrole nitrogens is 1. The number of piperidine rings is 1. The van der Waals surface area contributed by atoms with Gasteiger partial charge in [0.05, 0.1) is 17.7 Å². The topological polar surface area (TPSA) is 189 Å². The Bertz CT molecular complexity index is 1310. The summed E-state index contributed by atoms with van der Waals surface area (Å²) in [5.74, 6) is -4.09. The van der Waals surface area contributed by atoms with E-state index in [1.807, 2.05) is 0 Å². The van der Waals surface area contributed by atoms with E-state index in [2.05, 4.69) is 41.3 Å². The third-order valence-corrected chi connectivity index (χ3v) is 5.88. The van der Waals surface area contributed by atoms with Crippen LogP contribution in [0.4, 0.5) is 15.9 Å². The fraction of sp³-hybridized carbons (Fsp3) is 0.333. The van der Waals surface area contributed by atoms with E-state index < -0.39 is 46.5 Å². The smallest absolute Gasteiger partial charge is 0.453 e. The molecule has 4 rings (SSSR count). The Morgan fingerprint density at radius 3 is 2.54 bits per heavy atom. The molecular formula is C21H22BrFN4O8. The maximum atomic E-state index is 14.4. The van der Waals surface area contributed by atoms with Crippen LogP contribution in [0.5, 0.6) is 23.0 Å². The van der Waals surface area contributed by atoms with Gasteiger partial charge in [-0.1, -0.05) is 15.9 Å². The van der Waals surface area contributed by atoms with Gasteiger partial charge in [0, 0.05) is 4.47 Å². The molecule has 2 heterocycles. The number of aromatic nitrogens is 2. The molecule has 8 N–H and O–H groups in total. The molecule has 1 saturated heterocycles. The van der Waals surface area contributed by atoms with E-state index in [1.165, 1.54) is 12.1 Å². The molecule has 35 heavy (non-hydrogen) atoms. The van der Waals surface area contributed by atoms with Gasteiger partial charge in [0.1, 0.15) is 17.2 Å². The molecule has 1 aliphatic heterocycles. The lowest BCUT2D eigenvalue weighted by Gasteiger charge is -2.25. The van der Waals surface area contributed by atoms with Gasteiger partial charge < -0.3 is 50.6 Å². The highest BCUT2D eigenvalue weighted by Gasteiger charge is 2.32. The number of halogens is 2. The number of ether oxygens (including phenoxy) is 2. The van der Waals surface area contributed by atoms with Crippen molar-refractivity contribution in [3.05, 3.63) is 39.0 Å². The van der Waals surface area contributed by atoms with Crippen LogP contribution in [0.15, 0.2) is 27.5 Å². The quantitative estimate of drug-likeness (QED) is 0.155. The van der Waals surface area contributed by atoms with Crippen molar-refractivity contribution in [1.29, 1.82) is 0 Å². The van der Waals surface area contributed by atoms with Crippen molar-refractivity contribution in [2.24, 2.45) is 5.92 Å². The minimum Gasteiger partial charge on any atom is -0.504 e. The van der Waals surface area contributed by atoms with E-state index in [0.717, 1.165) is 32.0 Å². The molecule has 0 spiro atoms. The van der Waals surface area contributed by atoms with Gasteiger partial charge in [-0.3, -0.25) is 0 Å². The third kappa shape index (κ3) is 5.57. The highest BCUT2D eigenvalue weighted by Crippen LogP contribution is 2.51. The number of aromatic amines is 1. The zero-order chi connectivity index (χ0) is 25.3. The van der Waals surface area contributed by atoms with Crippen LogP contribution in [-0.4, -0.2) is 61.4 Å². The molecule has 1 fully saturated rings. The molecule has 2 aromatic carbocycles. The zero-order valence-electron chi connectivity index (χ0n) is 18.0. The molecule has 0 unspecified atom stereocenters. The van der Waals surface area contributed by atoms with Crippen LogP contribution in [0.1, 0.15) is 12.8 Å². The Labute approximate surface area is 205 Å². The zero-order valence-corrected chi connectivity index (χ0v) is 19.6. The number of phenols is 2. The molecule has 1 aromatic heterocycles. The standard InChI is InChI=1S/C21H22BrFN4O8/c22-10-1-2-12(11(23)7-10)25-19-13-14(26-20(30)27-19)16(29)17(18(15(13)28)35-21(31,32)33)34-8-9-3-5-24-6-4-9/h1-2,7,9,24,28-29,31-33H,3-6,8H2,(H2,25,26,27,30). The van der Waals surface area contributed by atoms with Crippen molar-refractivity contribution >= 4 is 38.3 Å². The lowest BCUT2D eigenvalue weighted by atomic mass is 9.99. The van der Waals surface area contributed by atoms with E-state index >= 15 is 0 Å². The first-order valence-electron chi connectivity index (χ1n) is 10.5. The van der Waals surface area contributed by atoms with Gasteiger partial charge in [-0.2, -0.15) is 4.98 Å². The molecule has 188 valence electrons. The van der Waals surface area contributed by atoms with Crippen LogP contribution < -0.4 is 25.8 Å². The van der Waals surface area contributed by atoms with Crippen molar-refractivity contribution in [3.8, 4) is 23.0 Å². The first-order valence-corrected chi connectivity index (χ1v) is 11.3.